The van der Waals surface area contributed by atoms with E-state index in [0.29, 0.717) is 24.3 Å². The van der Waals surface area contributed by atoms with Gasteiger partial charge in [0.25, 0.3) is 5.91 Å². The van der Waals surface area contributed by atoms with Crippen LogP contribution in [0.1, 0.15) is 37.4 Å². The Balaban J connectivity index is 1.49. The zero-order valence-electron chi connectivity index (χ0n) is 16.2. The van der Waals surface area contributed by atoms with E-state index in [0.717, 1.165) is 18.6 Å². The third-order valence-electron chi connectivity index (χ3n) is 4.44. The van der Waals surface area contributed by atoms with Crippen molar-refractivity contribution in [3.05, 3.63) is 59.9 Å². The van der Waals surface area contributed by atoms with Gasteiger partial charge in [-0.3, -0.25) is 9.59 Å². The van der Waals surface area contributed by atoms with Crippen LogP contribution >= 0.6 is 0 Å². The SMILES string of the molecule is COc1ccc(OCCCC(=O)OC(C(=O)NC2CC2)c2ccc(F)cc2)cc1. The molecule has 2 aromatic rings. The Bertz CT molecular complexity index is 818. The van der Waals surface area contributed by atoms with Crippen molar-refractivity contribution < 1.29 is 28.2 Å². The molecule has 1 amide bonds. The summed E-state index contributed by atoms with van der Waals surface area (Å²) in [5.74, 6) is 0.0899. The van der Waals surface area contributed by atoms with Crippen molar-refractivity contribution in [3.63, 3.8) is 0 Å². The summed E-state index contributed by atoms with van der Waals surface area (Å²) < 4.78 is 29.3. The van der Waals surface area contributed by atoms with E-state index in [1.165, 1.54) is 24.3 Å². The fourth-order valence-corrected chi connectivity index (χ4v) is 2.68. The van der Waals surface area contributed by atoms with Gasteiger partial charge in [0.1, 0.15) is 17.3 Å². The highest BCUT2D eigenvalue weighted by molar-refractivity contribution is 5.85. The highest BCUT2D eigenvalue weighted by Crippen LogP contribution is 2.24. The molecule has 7 heteroatoms. The molecule has 0 aromatic heterocycles. The molecule has 6 nitrogen and oxygen atoms in total. The Morgan fingerprint density at radius 2 is 1.72 bits per heavy atom. The number of carbonyl (C=O) groups is 2. The molecule has 0 saturated heterocycles. The Labute approximate surface area is 169 Å². The minimum absolute atomic E-state index is 0.102. The predicted octanol–water partition coefficient (Wildman–Crippen LogP) is 3.56. The van der Waals surface area contributed by atoms with Gasteiger partial charge in [0.15, 0.2) is 0 Å². The molecule has 0 aliphatic heterocycles. The van der Waals surface area contributed by atoms with Crippen LogP contribution in [0.15, 0.2) is 48.5 Å². The Hall–Kier alpha value is -3.09. The van der Waals surface area contributed by atoms with E-state index in [1.807, 2.05) is 0 Å². The Morgan fingerprint density at radius 3 is 2.34 bits per heavy atom. The first-order valence-corrected chi connectivity index (χ1v) is 9.57. The number of nitrogens with one attached hydrogen (secondary N) is 1. The van der Waals surface area contributed by atoms with Crippen molar-refractivity contribution in [1.82, 2.24) is 5.32 Å². The summed E-state index contributed by atoms with van der Waals surface area (Å²) in [6.07, 6.45) is 1.28. The molecule has 0 radical (unpaired) electrons. The van der Waals surface area contributed by atoms with Gasteiger partial charge >= 0.3 is 5.97 Å². The number of benzene rings is 2. The van der Waals surface area contributed by atoms with Gasteiger partial charge in [-0.25, -0.2) is 4.39 Å². The number of hydrogen-bond donors (Lipinski definition) is 1. The lowest BCUT2D eigenvalue weighted by molar-refractivity contribution is -0.156. The van der Waals surface area contributed by atoms with Gasteiger partial charge in [0, 0.05) is 18.0 Å². The van der Waals surface area contributed by atoms with Crippen LogP contribution in [0.4, 0.5) is 4.39 Å². The van der Waals surface area contributed by atoms with Crippen LogP contribution in [0.25, 0.3) is 0 Å². The topological polar surface area (TPSA) is 73.9 Å². The molecule has 1 aliphatic carbocycles. The smallest absolute Gasteiger partial charge is 0.307 e. The second-order valence-electron chi connectivity index (χ2n) is 6.83. The first-order chi connectivity index (χ1) is 14.0. The minimum Gasteiger partial charge on any atom is -0.497 e. The zero-order valence-corrected chi connectivity index (χ0v) is 16.2. The normalized spacial score (nSPS) is 14.0. The molecule has 1 aliphatic rings. The van der Waals surface area contributed by atoms with Gasteiger partial charge in [0.05, 0.1) is 13.7 Å². The van der Waals surface area contributed by atoms with E-state index < -0.39 is 17.9 Å². The summed E-state index contributed by atoms with van der Waals surface area (Å²) in [5.41, 5.74) is 0.437. The Kier molecular flexibility index (Phi) is 7.05. The number of amides is 1. The van der Waals surface area contributed by atoms with Crippen LogP contribution in [0.5, 0.6) is 11.5 Å². The van der Waals surface area contributed by atoms with E-state index in [1.54, 1.807) is 31.4 Å². The van der Waals surface area contributed by atoms with E-state index in [-0.39, 0.29) is 18.4 Å². The number of methoxy groups -OCH3 is 1. The molecule has 1 fully saturated rings. The molecular formula is C22H24FNO5. The molecular weight excluding hydrogens is 377 g/mol. The first-order valence-electron chi connectivity index (χ1n) is 9.57. The van der Waals surface area contributed by atoms with Crippen molar-refractivity contribution in [3.8, 4) is 11.5 Å². The van der Waals surface area contributed by atoms with Crippen LogP contribution < -0.4 is 14.8 Å². The minimum atomic E-state index is -1.09. The molecule has 1 saturated carbocycles. The maximum Gasteiger partial charge on any atom is 0.307 e. The quantitative estimate of drug-likeness (QED) is 0.487. The number of rotatable bonds is 10. The summed E-state index contributed by atoms with van der Waals surface area (Å²) in [6, 6.07) is 12.6. The van der Waals surface area contributed by atoms with Gasteiger partial charge in [0.2, 0.25) is 6.10 Å². The van der Waals surface area contributed by atoms with Crippen molar-refractivity contribution in [2.24, 2.45) is 0 Å². The lowest BCUT2D eigenvalue weighted by Gasteiger charge is -2.18. The van der Waals surface area contributed by atoms with E-state index in [9.17, 15) is 14.0 Å². The number of carbonyl (C=O) groups excluding carboxylic acids is 2. The maximum absolute atomic E-state index is 13.2. The number of hydrogen-bond acceptors (Lipinski definition) is 5. The third-order valence-corrected chi connectivity index (χ3v) is 4.44. The third kappa shape index (κ3) is 6.48. The van der Waals surface area contributed by atoms with Gasteiger partial charge in [-0.05, 0) is 55.7 Å². The fraction of sp³-hybridized carbons (Fsp3) is 0.364. The first kappa shape index (κ1) is 20.6. The van der Waals surface area contributed by atoms with E-state index in [2.05, 4.69) is 5.32 Å². The zero-order chi connectivity index (χ0) is 20.6. The molecule has 1 atom stereocenters. The summed E-state index contributed by atoms with van der Waals surface area (Å²) >= 11 is 0. The monoisotopic (exact) mass is 401 g/mol. The molecule has 3 rings (SSSR count). The number of esters is 1. The summed E-state index contributed by atoms with van der Waals surface area (Å²) in [4.78, 5) is 24.7. The van der Waals surface area contributed by atoms with Gasteiger partial charge in [-0.15, -0.1) is 0 Å². The van der Waals surface area contributed by atoms with Crippen molar-refractivity contribution in [2.75, 3.05) is 13.7 Å². The second-order valence-corrected chi connectivity index (χ2v) is 6.83. The van der Waals surface area contributed by atoms with Crippen molar-refractivity contribution >= 4 is 11.9 Å². The fourth-order valence-electron chi connectivity index (χ4n) is 2.68. The Morgan fingerprint density at radius 1 is 1.07 bits per heavy atom. The molecule has 2 aromatic carbocycles. The van der Waals surface area contributed by atoms with Crippen LogP contribution in [0.2, 0.25) is 0 Å². The average Bonchev–Trinajstić information content (AvgIpc) is 3.54. The highest BCUT2D eigenvalue weighted by atomic mass is 19.1. The standard InChI is InChI=1S/C22H24FNO5/c1-27-18-10-12-19(13-11-18)28-14-2-3-20(25)29-21(22(26)24-17-8-9-17)15-4-6-16(23)7-5-15/h4-7,10-13,17,21H,2-3,8-9,14H2,1H3,(H,24,26). The molecule has 154 valence electrons. The largest absolute Gasteiger partial charge is 0.497 e. The predicted molar refractivity (Wildman–Crippen MR) is 104 cm³/mol. The van der Waals surface area contributed by atoms with Crippen LogP contribution in [0, 0.1) is 5.82 Å². The van der Waals surface area contributed by atoms with E-state index in [4.69, 9.17) is 14.2 Å². The van der Waals surface area contributed by atoms with Crippen molar-refractivity contribution in [1.29, 1.82) is 0 Å². The summed E-state index contributed by atoms with van der Waals surface area (Å²) in [5, 5.41) is 2.83. The van der Waals surface area contributed by atoms with Gasteiger partial charge < -0.3 is 19.5 Å². The second kappa shape index (κ2) is 9.91. The molecule has 1 N–H and O–H groups in total. The molecule has 0 heterocycles. The average molecular weight is 401 g/mol. The highest BCUT2D eigenvalue weighted by Gasteiger charge is 2.30. The summed E-state index contributed by atoms with van der Waals surface area (Å²) in [7, 11) is 1.59. The molecule has 0 spiro atoms. The van der Waals surface area contributed by atoms with Gasteiger partial charge in [-0.2, -0.15) is 0 Å². The number of halogens is 1. The van der Waals surface area contributed by atoms with Crippen molar-refractivity contribution in [2.45, 2.75) is 37.8 Å². The maximum atomic E-state index is 13.2. The lowest BCUT2D eigenvalue weighted by atomic mass is 10.1. The van der Waals surface area contributed by atoms with Crippen LogP contribution in [-0.4, -0.2) is 31.6 Å². The summed E-state index contributed by atoms with van der Waals surface area (Å²) in [6.45, 7) is 0.330. The van der Waals surface area contributed by atoms with Crippen LogP contribution in [-0.2, 0) is 14.3 Å². The number of ether oxygens (including phenoxy) is 3. The van der Waals surface area contributed by atoms with Gasteiger partial charge in [-0.1, -0.05) is 12.1 Å². The molecule has 1 unspecified atom stereocenters. The molecule has 0 bridgehead atoms. The van der Waals surface area contributed by atoms with E-state index >= 15 is 0 Å². The lowest BCUT2D eigenvalue weighted by Crippen LogP contribution is -2.33. The van der Waals surface area contributed by atoms with Crippen LogP contribution in [0.3, 0.4) is 0 Å². The molecule has 29 heavy (non-hydrogen) atoms.